The molecule has 2 atom stereocenters. The number of nitrogens with one attached hydrogen (secondary N) is 1. The van der Waals surface area contributed by atoms with Gasteiger partial charge in [-0.05, 0) is 44.0 Å². The predicted molar refractivity (Wildman–Crippen MR) is 93.7 cm³/mol. The van der Waals surface area contributed by atoms with Crippen molar-refractivity contribution in [3.63, 3.8) is 0 Å². The van der Waals surface area contributed by atoms with Crippen molar-refractivity contribution < 1.29 is 27.5 Å². The lowest BCUT2D eigenvalue weighted by Gasteiger charge is -2.22. The fourth-order valence-corrected chi connectivity index (χ4v) is 3.76. The maximum absolute atomic E-state index is 12.2. The summed E-state index contributed by atoms with van der Waals surface area (Å²) in [7, 11) is -3.52. The number of hydrogen-bond acceptors (Lipinski definition) is 6. The summed E-state index contributed by atoms with van der Waals surface area (Å²) in [5, 5.41) is 2.55. The number of esters is 1. The quantitative estimate of drug-likeness (QED) is 0.668. The largest absolute Gasteiger partial charge is 0.451 e. The SMILES string of the molecule is C[C@H](OC(=O)[C@@H]1CCCN1S(C)(=O)=O)C(=O)Nc1ccc(C(N)=O)cc1. The van der Waals surface area contributed by atoms with Gasteiger partial charge in [0.2, 0.25) is 15.9 Å². The number of carbonyl (C=O) groups excluding carboxylic acids is 3. The normalized spacial score (nSPS) is 18.9. The van der Waals surface area contributed by atoms with Crippen LogP contribution in [0.4, 0.5) is 5.69 Å². The van der Waals surface area contributed by atoms with Gasteiger partial charge in [-0.2, -0.15) is 4.31 Å². The van der Waals surface area contributed by atoms with Crippen molar-refractivity contribution in [2.45, 2.75) is 31.9 Å². The Hall–Kier alpha value is -2.46. The summed E-state index contributed by atoms with van der Waals surface area (Å²) in [6.45, 7) is 1.65. The molecule has 1 aliphatic rings. The van der Waals surface area contributed by atoms with Gasteiger partial charge in [-0.25, -0.2) is 8.42 Å². The predicted octanol–water partition coefficient (Wildman–Crippen LogP) is 0.0797. The standard InChI is InChI=1S/C16H21N3O6S/c1-10(15(21)18-12-7-5-11(6-8-12)14(17)20)25-16(22)13-4-3-9-19(13)26(2,23)24/h5-8,10,13H,3-4,9H2,1-2H3,(H2,17,20)(H,18,21)/t10-,13-/m0/s1. The molecule has 0 bridgehead atoms. The first-order valence-electron chi connectivity index (χ1n) is 7.97. The first-order chi connectivity index (χ1) is 12.1. The third-order valence-electron chi connectivity index (χ3n) is 4.00. The zero-order valence-electron chi connectivity index (χ0n) is 14.5. The molecule has 26 heavy (non-hydrogen) atoms. The van der Waals surface area contributed by atoms with Gasteiger partial charge >= 0.3 is 5.97 Å². The minimum absolute atomic E-state index is 0.255. The molecule has 1 heterocycles. The number of hydrogen-bond donors (Lipinski definition) is 2. The topological polar surface area (TPSA) is 136 Å². The first-order valence-corrected chi connectivity index (χ1v) is 9.82. The average Bonchev–Trinajstić information content (AvgIpc) is 3.05. The van der Waals surface area contributed by atoms with Gasteiger partial charge in [0.15, 0.2) is 6.10 Å². The van der Waals surface area contributed by atoms with E-state index in [1.54, 1.807) is 0 Å². The molecule has 1 aromatic rings. The van der Waals surface area contributed by atoms with Gasteiger partial charge < -0.3 is 15.8 Å². The van der Waals surface area contributed by atoms with Gasteiger partial charge in [0.1, 0.15) is 6.04 Å². The summed E-state index contributed by atoms with van der Waals surface area (Å²) in [5.74, 6) is -1.91. The number of nitrogens with two attached hydrogens (primary N) is 1. The molecule has 2 amide bonds. The van der Waals surface area contributed by atoms with Crippen LogP contribution in [0.3, 0.4) is 0 Å². The van der Waals surface area contributed by atoms with E-state index in [4.69, 9.17) is 10.5 Å². The van der Waals surface area contributed by atoms with Crippen LogP contribution in [0.5, 0.6) is 0 Å². The van der Waals surface area contributed by atoms with E-state index in [0.717, 1.165) is 10.6 Å². The first kappa shape index (κ1) is 19.9. The smallest absolute Gasteiger partial charge is 0.325 e. The van der Waals surface area contributed by atoms with E-state index in [9.17, 15) is 22.8 Å². The fourth-order valence-electron chi connectivity index (χ4n) is 2.64. The number of benzene rings is 1. The van der Waals surface area contributed by atoms with Gasteiger partial charge in [0, 0.05) is 17.8 Å². The van der Waals surface area contributed by atoms with Crippen LogP contribution in [0.15, 0.2) is 24.3 Å². The minimum Gasteiger partial charge on any atom is -0.451 e. The van der Waals surface area contributed by atoms with Crippen molar-refractivity contribution in [2.24, 2.45) is 5.73 Å². The van der Waals surface area contributed by atoms with Gasteiger partial charge in [-0.3, -0.25) is 14.4 Å². The number of anilines is 1. The number of sulfonamides is 1. The molecule has 9 nitrogen and oxygen atoms in total. The molecule has 0 saturated carbocycles. The van der Waals surface area contributed by atoms with Crippen molar-refractivity contribution in [1.82, 2.24) is 4.31 Å². The number of amides is 2. The number of ether oxygens (including phenoxy) is 1. The third-order valence-corrected chi connectivity index (χ3v) is 5.29. The van der Waals surface area contributed by atoms with Gasteiger partial charge in [-0.15, -0.1) is 0 Å². The molecule has 1 fully saturated rings. The Kier molecular flexibility index (Phi) is 5.98. The summed E-state index contributed by atoms with van der Waals surface area (Å²) < 4.78 is 29.6. The van der Waals surface area contributed by atoms with E-state index < -0.39 is 40.0 Å². The lowest BCUT2D eigenvalue weighted by atomic mass is 10.2. The van der Waals surface area contributed by atoms with Crippen molar-refractivity contribution in [2.75, 3.05) is 18.1 Å². The van der Waals surface area contributed by atoms with Crippen LogP contribution in [0.2, 0.25) is 0 Å². The van der Waals surface area contributed by atoms with E-state index in [1.165, 1.54) is 31.2 Å². The van der Waals surface area contributed by atoms with E-state index in [-0.39, 0.29) is 6.54 Å². The molecule has 0 aromatic heterocycles. The van der Waals surface area contributed by atoms with Crippen LogP contribution in [-0.2, 0) is 24.3 Å². The Morgan fingerprint density at radius 1 is 1.27 bits per heavy atom. The summed E-state index contributed by atoms with van der Waals surface area (Å²) in [5.41, 5.74) is 5.84. The molecule has 1 saturated heterocycles. The van der Waals surface area contributed by atoms with Crippen LogP contribution in [-0.4, -0.2) is 55.5 Å². The molecule has 1 aromatic carbocycles. The van der Waals surface area contributed by atoms with Gasteiger partial charge in [-0.1, -0.05) is 0 Å². The van der Waals surface area contributed by atoms with Crippen LogP contribution >= 0.6 is 0 Å². The molecule has 10 heteroatoms. The summed E-state index contributed by atoms with van der Waals surface area (Å²) >= 11 is 0. The third kappa shape index (κ3) is 4.79. The van der Waals surface area contributed by atoms with E-state index >= 15 is 0 Å². The van der Waals surface area contributed by atoms with Crippen molar-refractivity contribution >= 4 is 33.5 Å². The highest BCUT2D eigenvalue weighted by molar-refractivity contribution is 7.88. The summed E-state index contributed by atoms with van der Waals surface area (Å²) in [6, 6.07) is 4.99. The van der Waals surface area contributed by atoms with Crippen LogP contribution < -0.4 is 11.1 Å². The van der Waals surface area contributed by atoms with Crippen LogP contribution in [0.1, 0.15) is 30.1 Å². The second kappa shape index (κ2) is 7.83. The number of nitrogens with zero attached hydrogens (tertiary/aromatic N) is 1. The lowest BCUT2D eigenvalue weighted by molar-refractivity contribution is -0.156. The maximum Gasteiger partial charge on any atom is 0.325 e. The molecule has 3 N–H and O–H groups in total. The molecule has 0 aliphatic carbocycles. The monoisotopic (exact) mass is 383 g/mol. The Balaban J connectivity index is 1.96. The minimum atomic E-state index is -3.52. The molecule has 142 valence electrons. The van der Waals surface area contributed by atoms with Gasteiger partial charge in [0.05, 0.1) is 6.26 Å². The van der Waals surface area contributed by atoms with Crippen molar-refractivity contribution in [1.29, 1.82) is 0 Å². The maximum atomic E-state index is 12.2. The van der Waals surface area contributed by atoms with Crippen molar-refractivity contribution in [3.8, 4) is 0 Å². The molecule has 1 aliphatic heterocycles. The molecular formula is C16H21N3O6S. The zero-order valence-corrected chi connectivity index (χ0v) is 15.3. The van der Waals surface area contributed by atoms with E-state index in [0.29, 0.717) is 24.1 Å². The number of rotatable bonds is 6. The van der Waals surface area contributed by atoms with E-state index in [1.807, 2.05) is 0 Å². The van der Waals surface area contributed by atoms with E-state index in [2.05, 4.69) is 5.32 Å². The molecule has 0 unspecified atom stereocenters. The van der Waals surface area contributed by atoms with Gasteiger partial charge in [0.25, 0.3) is 5.91 Å². The highest BCUT2D eigenvalue weighted by Crippen LogP contribution is 2.22. The zero-order chi connectivity index (χ0) is 19.5. The fraction of sp³-hybridized carbons (Fsp3) is 0.438. The second-order valence-electron chi connectivity index (χ2n) is 6.04. The second-order valence-corrected chi connectivity index (χ2v) is 7.98. The summed E-state index contributed by atoms with van der Waals surface area (Å²) in [4.78, 5) is 35.4. The molecule has 0 radical (unpaired) electrons. The Labute approximate surface area is 151 Å². The summed E-state index contributed by atoms with van der Waals surface area (Å²) in [6.07, 6.45) is 0.833. The van der Waals surface area contributed by atoms with Crippen molar-refractivity contribution in [3.05, 3.63) is 29.8 Å². The Bertz CT molecular complexity index is 806. The highest BCUT2D eigenvalue weighted by Gasteiger charge is 2.38. The average molecular weight is 383 g/mol. The number of carbonyl (C=O) groups is 3. The Morgan fingerprint density at radius 3 is 2.42 bits per heavy atom. The van der Waals surface area contributed by atoms with Crippen LogP contribution in [0.25, 0.3) is 0 Å². The molecule has 2 rings (SSSR count). The lowest BCUT2D eigenvalue weighted by Crippen LogP contribution is -2.43. The highest BCUT2D eigenvalue weighted by atomic mass is 32.2. The number of primary amides is 1. The van der Waals surface area contributed by atoms with Crippen LogP contribution in [0, 0.1) is 0 Å². The molecular weight excluding hydrogens is 362 g/mol. The Morgan fingerprint density at radius 2 is 1.88 bits per heavy atom. The molecule has 0 spiro atoms.